The third kappa shape index (κ3) is 18.1. The number of carboxylic acid groups (broad SMARTS) is 1. The number of carbonyl (C=O) groups is 1. The van der Waals surface area contributed by atoms with E-state index < -0.39 is 6.16 Å². The number of hydrogen-bond donors (Lipinski definition) is 1. The van der Waals surface area contributed by atoms with Crippen LogP contribution in [0.2, 0.25) is 0 Å². The van der Waals surface area contributed by atoms with Crippen molar-refractivity contribution in [2.45, 2.75) is 0 Å². The first kappa shape index (κ1) is 16.0. The Morgan fingerprint density at radius 1 is 1.71 bits per heavy atom. The molecule has 0 fully saturated rings. The minimum atomic E-state index is -1.28. The summed E-state index contributed by atoms with van der Waals surface area (Å²) in [6, 6.07) is 0. The summed E-state index contributed by atoms with van der Waals surface area (Å²) in [6.45, 7) is 0. The molecule has 0 heterocycles. The molecule has 0 saturated carbocycles. The molecule has 1 radical (unpaired) electrons. The molecule has 0 aromatic heterocycles. The van der Waals surface area contributed by atoms with Gasteiger partial charge in [0, 0.05) is 35.6 Å². The second-order valence-electron chi connectivity index (χ2n) is 0.384. The van der Waals surface area contributed by atoms with Gasteiger partial charge in [-0.1, -0.05) is 0 Å². The molecule has 3 nitrogen and oxygen atoms in total. The Hall–Kier alpha value is 1.89. The van der Waals surface area contributed by atoms with Crippen LogP contribution in [0.5, 0.6) is 0 Å². The molecule has 7 heavy (non-hydrogen) atoms. The van der Waals surface area contributed by atoms with Crippen molar-refractivity contribution >= 4 is 45.2 Å². The van der Waals surface area contributed by atoms with Gasteiger partial charge in [0.05, 0.1) is 9.47 Å². The second-order valence-corrected chi connectivity index (χ2v) is 0.619. The molecule has 6 heteroatoms. The van der Waals surface area contributed by atoms with Crippen LogP contribution in [0, 0.1) is 35.6 Å². The Morgan fingerprint density at radius 2 is 1.86 bits per heavy atom. The average molecular weight is 257 g/mol. The van der Waals surface area contributed by atoms with E-state index in [0.717, 1.165) is 0 Å². The van der Waals surface area contributed by atoms with E-state index in [0.29, 0.717) is 0 Å². The van der Waals surface area contributed by atoms with Crippen LogP contribution < -0.4 is 0 Å². The van der Waals surface area contributed by atoms with Crippen molar-refractivity contribution in [1.82, 2.24) is 0 Å². The van der Waals surface area contributed by atoms with Crippen LogP contribution in [0.1, 0.15) is 0 Å². The van der Waals surface area contributed by atoms with Gasteiger partial charge in [-0.05, 0) is 0 Å². The summed E-state index contributed by atoms with van der Waals surface area (Å²) in [6.07, 6.45) is -1.28. The van der Waals surface area contributed by atoms with E-state index in [4.69, 9.17) is 9.90 Å². The summed E-state index contributed by atoms with van der Waals surface area (Å²) in [4.78, 5) is 9.12. The molecular weight excluding hydrogens is 253 g/mol. The zero-order chi connectivity index (χ0) is 4.28. The van der Waals surface area contributed by atoms with Crippen LogP contribution in [0.4, 0.5) is 4.79 Å². The van der Waals surface area contributed by atoms with Crippen LogP contribution in [0.25, 0.3) is 0 Å². The van der Waals surface area contributed by atoms with Gasteiger partial charge in [0.2, 0.25) is 0 Å². The molecule has 0 spiro atoms. The quantitative estimate of drug-likeness (QED) is 0.483. The first-order valence-corrected chi connectivity index (χ1v) is 1.34. The molecule has 0 aliphatic heterocycles. The summed E-state index contributed by atoms with van der Waals surface area (Å²) in [5, 5.41) is 7.48. The predicted molar refractivity (Wildman–Crippen MR) is 26.0 cm³/mol. The fourth-order valence-electron chi connectivity index (χ4n) is 0. The van der Waals surface area contributed by atoms with E-state index in [1.807, 2.05) is 0 Å². The van der Waals surface area contributed by atoms with Gasteiger partial charge >= 0.3 is 35.7 Å². The van der Waals surface area contributed by atoms with Crippen LogP contribution in [-0.4, -0.2) is 40.8 Å². The van der Waals surface area contributed by atoms with Gasteiger partial charge in [0.1, 0.15) is 0 Å². The van der Waals surface area contributed by atoms with Gasteiger partial charge in [-0.3, -0.25) is 0 Å². The standard InChI is InChI=1S/CH3O3P.La.Na.H/c2-1(3)4-5;;;/h5H2,(H,2,3);;;. The summed E-state index contributed by atoms with van der Waals surface area (Å²) in [5.74, 6) is 0. The van der Waals surface area contributed by atoms with Gasteiger partial charge in [-0.2, -0.15) is 0 Å². The minimum absolute atomic E-state index is 0. The molecule has 0 aliphatic rings. The van der Waals surface area contributed by atoms with E-state index in [1.54, 1.807) is 9.47 Å². The van der Waals surface area contributed by atoms with Crippen molar-refractivity contribution in [3.8, 4) is 0 Å². The van der Waals surface area contributed by atoms with Crippen LogP contribution in [-0.2, 0) is 4.52 Å². The van der Waals surface area contributed by atoms with E-state index in [2.05, 4.69) is 4.52 Å². The zero-order valence-electron chi connectivity index (χ0n) is 2.92. The molecule has 0 saturated heterocycles. The zero-order valence-corrected chi connectivity index (χ0v) is 7.70. The summed E-state index contributed by atoms with van der Waals surface area (Å²) in [5.41, 5.74) is 0. The van der Waals surface area contributed by atoms with Crippen molar-refractivity contribution < 1.29 is 50.0 Å². The fraction of sp³-hybridized carbons (Fsp3) is 0. The SMILES string of the molecule is O=C(O)OP.[La].[NaH]. The predicted octanol–water partition coefficient (Wildman–Crippen LogP) is -0.177. The molecule has 1 atom stereocenters. The molecule has 35 valence electrons. The number of hydrogen-bond acceptors (Lipinski definition) is 2. The molecule has 0 aromatic carbocycles. The van der Waals surface area contributed by atoms with Crippen LogP contribution in [0.15, 0.2) is 0 Å². The Bertz CT molecular complexity index is 50.2. The second kappa shape index (κ2) is 10.8. The Balaban J connectivity index is -0.0000000800. The normalized spacial score (nSPS) is 4.71. The molecule has 1 N–H and O–H groups in total. The van der Waals surface area contributed by atoms with E-state index >= 15 is 0 Å². The van der Waals surface area contributed by atoms with Crippen LogP contribution in [0.3, 0.4) is 0 Å². The fourth-order valence-corrected chi connectivity index (χ4v) is 0. The molecule has 0 aromatic rings. The van der Waals surface area contributed by atoms with Gasteiger partial charge in [0.25, 0.3) is 0 Å². The molecule has 0 rings (SSSR count). The van der Waals surface area contributed by atoms with Crippen molar-refractivity contribution in [1.29, 1.82) is 0 Å². The van der Waals surface area contributed by atoms with Gasteiger partial charge < -0.3 is 9.63 Å². The molecular formula is CH4LaNaO3P. The molecule has 1 unspecified atom stereocenters. The topological polar surface area (TPSA) is 46.5 Å². The summed E-state index contributed by atoms with van der Waals surface area (Å²) in [7, 11) is 1.59. The Kier molecular flexibility index (Phi) is 24.6. The van der Waals surface area contributed by atoms with Crippen molar-refractivity contribution in [3.05, 3.63) is 0 Å². The number of rotatable bonds is 0. The molecule has 0 bridgehead atoms. The van der Waals surface area contributed by atoms with Crippen molar-refractivity contribution in [2.24, 2.45) is 0 Å². The van der Waals surface area contributed by atoms with E-state index in [-0.39, 0.29) is 65.2 Å². The third-order valence-electron chi connectivity index (χ3n) is 0.101. The van der Waals surface area contributed by atoms with Crippen LogP contribution >= 0.6 is 9.47 Å². The molecule has 0 amide bonds. The Morgan fingerprint density at radius 3 is 1.86 bits per heavy atom. The maximum atomic E-state index is 9.12. The average Bonchev–Trinajstić information content (AvgIpc) is 1.38. The summed E-state index contributed by atoms with van der Waals surface area (Å²) >= 11 is 0. The monoisotopic (exact) mass is 257 g/mol. The van der Waals surface area contributed by atoms with Gasteiger partial charge in [0.15, 0.2) is 0 Å². The third-order valence-corrected chi connectivity index (χ3v) is 0.302. The van der Waals surface area contributed by atoms with Crippen molar-refractivity contribution in [3.63, 3.8) is 0 Å². The summed E-state index contributed by atoms with van der Waals surface area (Å²) < 4.78 is 3.58. The van der Waals surface area contributed by atoms with Gasteiger partial charge in [-0.25, -0.2) is 4.79 Å². The van der Waals surface area contributed by atoms with E-state index in [1.165, 1.54) is 0 Å². The van der Waals surface area contributed by atoms with E-state index in [9.17, 15) is 0 Å². The maximum absolute atomic E-state index is 9.12. The first-order valence-electron chi connectivity index (χ1n) is 0.868. The van der Waals surface area contributed by atoms with Gasteiger partial charge in [-0.15, -0.1) is 0 Å². The molecule has 0 aliphatic carbocycles. The Labute approximate surface area is 93.7 Å². The van der Waals surface area contributed by atoms with Crippen molar-refractivity contribution in [2.75, 3.05) is 0 Å². The first-order chi connectivity index (χ1) is 2.27.